The van der Waals surface area contributed by atoms with E-state index < -0.39 is 0 Å². The lowest BCUT2D eigenvalue weighted by atomic mass is 9.89. The monoisotopic (exact) mass is 408 g/mol. The van der Waals surface area contributed by atoms with Crippen molar-refractivity contribution >= 4 is 0 Å². The molecule has 0 aliphatic carbocycles. The minimum Gasteiger partial charge on any atom is -0.0654 e. The van der Waals surface area contributed by atoms with Gasteiger partial charge in [0.15, 0.2) is 0 Å². The molecule has 0 rings (SSSR count). The van der Waals surface area contributed by atoms with Gasteiger partial charge in [-0.2, -0.15) is 0 Å². The quantitative estimate of drug-likeness (QED) is 0.132. The molecule has 0 aromatic rings. The molecule has 0 saturated heterocycles. The fourth-order valence-corrected chi connectivity index (χ4v) is 4.78. The topological polar surface area (TPSA) is 0 Å². The van der Waals surface area contributed by atoms with Gasteiger partial charge in [-0.05, 0) is 5.92 Å². The molecule has 0 heterocycles. The van der Waals surface area contributed by atoms with Crippen molar-refractivity contribution in [2.24, 2.45) is 5.92 Å². The van der Waals surface area contributed by atoms with E-state index in [9.17, 15) is 0 Å². The van der Waals surface area contributed by atoms with Gasteiger partial charge in [-0.3, -0.25) is 0 Å². The smallest absolute Gasteiger partial charge is 0.0414 e. The molecule has 0 aliphatic rings. The van der Waals surface area contributed by atoms with Gasteiger partial charge in [0.2, 0.25) is 0 Å². The van der Waals surface area contributed by atoms with Gasteiger partial charge in [-0.15, -0.1) is 0 Å². The predicted octanol–water partition coefficient (Wildman–Crippen LogP) is 11.4. The number of unbranched alkanes of at least 4 members (excludes halogenated alkanes) is 19. The molecule has 0 fully saturated rings. The summed E-state index contributed by atoms with van der Waals surface area (Å²) >= 11 is 0. The van der Waals surface area contributed by atoms with Crippen molar-refractivity contribution < 1.29 is 0 Å². The Morgan fingerprint density at radius 1 is 0.276 bits per heavy atom. The summed E-state index contributed by atoms with van der Waals surface area (Å²) in [4.78, 5) is 0. The van der Waals surface area contributed by atoms with Crippen molar-refractivity contribution in [3.63, 3.8) is 0 Å². The largest absolute Gasteiger partial charge is 0.0654 e. The second-order valence-electron chi connectivity index (χ2n) is 9.95. The average Bonchev–Trinajstić information content (AvgIpc) is 2.73. The van der Waals surface area contributed by atoms with Crippen molar-refractivity contribution in [3.05, 3.63) is 0 Å². The molecule has 176 valence electrons. The van der Waals surface area contributed by atoms with E-state index in [-0.39, 0.29) is 0 Å². The highest BCUT2D eigenvalue weighted by atomic mass is 14.1. The summed E-state index contributed by atoms with van der Waals surface area (Å²) in [6.45, 7) is 6.96. The fraction of sp³-hybridized carbons (Fsp3) is 1.00. The molecule has 0 aliphatic heterocycles. The van der Waals surface area contributed by atoms with Crippen LogP contribution < -0.4 is 0 Å². The van der Waals surface area contributed by atoms with Crippen LogP contribution in [0.5, 0.6) is 0 Å². The summed E-state index contributed by atoms with van der Waals surface area (Å²) < 4.78 is 0. The maximum Gasteiger partial charge on any atom is -0.0414 e. The minimum absolute atomic E-state index is 1.04. The SMILES string of the molecule is CCCCCCCCCCCC(CCCCCC)CCCCCCCCCCC. The Balaban J connectivity index is 3.69. The molecule has 0 nitrogen and oxygen atoms in total. The van der Waals surface area contributed by atoms with Crippen molar-refractivity contribution in [2.75, 3.05) is 0 Å². The van der Waals surface area contributed by atoms with Crippen molar-refractivity contribution in [1.82, 2.24) is 0 Å². The molecule has 0 atom stereocenters. The summed E-state index contributed by atoms with van der Waals surface area (Å²) in [7, 11) is 0. The van der Waals surface area contributed by atoms with Crippen molar-refractivity contribution in [3.8, 4) is 0 Å². The van der Waals surface area contributed by atoms with Crippen LogP contribution >= 0.6 is 0 Å². The molecule has 0 unspecified atom stereocenters. The highest BCUT2D eigenvalue weighted by molar-refractivity contribution is 4.62. The van der Waals surface area contributed by atoms with Gasteiger partial charge in [0.05, 0.1) is 0 Å². The molecule has 0 radical (unpaired) electrons. The van der Waals surface area contributed by atoms with Crippen LogP contribution in [0.2, 0.25) is 0 Å². The molecular formula is C29H60. The van der Waals surface area contributed by atoms with Crippen LogP contribution in [-0.2, 0) is 0 Å². The van der Waals surface area contributed by atoms with E-state index in [0.29, 0.717) is 0 Å². The summed E-state index contributed by atoms with van der Waals surface area (Å²) in [5.41, 5.74) is 0. The summed E-state index contributed by atoms with van der Waals surface area (Å²) in [5, 5.41) is 0. The Labute approximate surface area is 187 Å². The summed E-state index contributed by atoms with van der Waals surface area (Å²) in [6, 6.07) is 0. The molecule has 0 aromatic carbocycles. The molecule has 0 spiro atoms. The molecule has 0 saturated carbocycles. The standard InChI is InChI=1S/C29H60/c1-4-7-10-13-15-17-19-21-24-27-29(26-23-12-9-6-3)28-25-22-20-18-16-14-11-8-5-2/h29H,4-28H2,1-3H3. The van der Waals surface area contributed by atoms with E-state index in [1.807, 2.05) is 0 Å². The Kier molecular flexibility index (Phi) is 26.0. The van der Waals surface area contributed by atoms with Gasteiger partial charge < -0.3 is 0 Å². The third kappa shape index (κ3) is 24.1. The van der Waals surface area contributed by atoms with E-state index in [1.54, 1.807) is 0 Å². The zero-order chi connectivity index (χ0) is 21.3. The second-order valence-corrected chi connectivity index (χ2v) is 9.95. The number of hydrogen-bond acceptors (Lipinski definition) is 0. The Morgan fingerprint density at radius 3 is 0.759 bits per heavy atom. The van der Waals surface area contributed by atoms with E-state index in [1.165, 1.54) is 161 Å². The Hall–Kier alpha value is 0. The van der Waals surface area contributed by atoms with Gasteiger partial charge in [0, 0.05) is 0 Å². The van der Waals surface area contributed by atoms with Crippen LogP contribution in [0, 0.1) is 5.92 Å². The maximum atomic E-state index is 2.34. The summed E-state index contributed by atoms with van der Waals surface area (Å²) in [5.74, 6) is 1.04. The lowest BCUT2D eigenvalue weighted by Gasteiger charge is -2.17. The van der Waals surface area contributed by atoms with Crippen LogP contribution in [0.25, 0.3) is 0 Å². The second kappa shape index (κ2) is 26.0. The zero-order valence-corrected chi connectivity index (χ0v) is 21.3. The molecule has 0 heteroatoms. The van der Waals surface area contributed by atoms with Crippen molar-refractivity contribution in [2.45, 2.75) is 181 Å². The van der Waals surface area contributed by atoms with E-state index >= 15 is 0 Å². The average molecular weight is 409 g/mol. The van der Waals surface area contributed by atoms with Crippen LogP contribution in [-0.4, -0.2) is 0 Å². The number of hydrogen-bond donors (Lipinski definition) is 0. The van der Waals surface area contributed by atoms with E-state index in [2.05, 4.69) is 20.8 Å². The predicted molar refractivity (Wildman–Crippen MR) is 136 cm³/mol. The number of rotatable bonds is 25. The van der Waals surface area contributed by atoms with Crippen LogP contribution in [0.3, 0.4) is 0 Å². The molecule has 29 heavy (non-hydrogen) atoms. The van der Waals surface area contributed by atoms with Gasteiger partial charge in [0.25, 0.3) is 0 Å². The lowest BCUT2D eigenvalue weighted by molar-refractivity contribution is 0.366. The molecule has 0 N–H and O–H groups in total. The van der Waals surface area contributed by atoms with Crippen LogP contribution in [0.1, 0.15) is 181 Å². The van der Waals surface area contributed by atoms with Gasteiger partial charge in [-0.25, -0.2) is 0 Å². The van der Waals surface area contributed by atoms with Gasteiger partial charge >= 0.3 is 0 Å². The maximum absolute atomic E-state index is 2.34. The first-order valence-electron chi connectivity index (χ1n) is 14.3. The molecule has 0 bridgehead atoms. The zero-order valence-electron chi connectivity index (χ0n) is 21.3. The van der Waals surface area contributed by atoms with Gasteiger partial charge in [-0.1, -0.05) is 181 Å². The van der Waals surface area contributed by atoms with Crippen LogP contribution in [0.15, 0.2) is 0 Å². The van der Waals surface area contributed by atoms with Crippen LogP contribution in [0.4, 0.5) is 0 Å². The molecule has 0 amide bonds. The Morgan fingerprint density at radius 2 is 0.483 bits per heavy atom. The third-order valence-corrected chi connectivity index (χ3v) is 6.90. The first-order valence-corrected chi connectivity index (χ1v) is 14.3. The highest BCUT2D eigenvalue weighted by Gasteiger charge is 2.08. The fourth-order valence-electron chi connectivity index (χ4n) is 4.78. The first-order chi connectivity index (χ1) is 14.3. The lowest BCUT2D eigenvalue weighted by Crippen LogP contribution is -2.01. The van der Waals surface area contributed by atoms with E-state index in [4.69, 9.17) is 0 Å². The van der Waals surface area contributed by atoms with Crippen molar-refractivity contribution in [1.29, 1.82) is 0 Å². The first kappa shape index (κ1) is 29.0. The normalized spacial score (nSPS) is 11.6. The summed E-state index contributed by atoms with van der Waals surface area (Å²) in [6.07, 6.45) is 36.8. The Bertz CT molecular complexity index is 247. The van der Waals surface area contributed by atoms with Gasteiger partial charge in [0.1, 0.15) is 0 Å². The molecule has 0 aromatic heterocycles. The molecular weight excluding hydrogens is 348 g/mol. The third-order valence-electron chi connectivity index (χ3n) is 6.90. The highest BCUT2D eigenvalue weighted by Crippen LogP contribution is 2.24. The van der Waals surface area contributed by atoms with E-state index in [0.717, 1.165) is 5.92 Å². The minimum atomic E-state index is 1.04.